The molecule has 0 N–H and O–H groups in total. The normalized spacial score (nSPS) is 10.9. The van der Waals surface area contributed by atoms with Crippen LogP contribution in [0.2, 0.25) is 0 Å². The van der Waals surface area contributed by atoms with Crippen LogP contribution in [-0.2, 0) is 19.3 Å². The molecule has 0 heterocycles. The number of rotatable bonds is 5. The van der Waals surface area contributed by atoms with Gasteiger partial charge >= 0.3 is 0 Å². The van der Waals surface area contributed by atoms with Crippen molar-refractivity contribution in [3.05, 3.63) is 119 Å². The molecule has 0 nitrogen and oxygen atoms in total. The molecule has 0 atom stereocenters. The summed E-state index contributed by atoms with van der Waals surface area (Å²) in [7, 11) is 0. The summed E-state index contributed by atoms with van der Waals surface area (Å²) in [6.07, 6.45) is 3.15. The summed E-state index contributed by atoms with van der Waals surface area (Å²) < 4.78 is 0. The first kappa shape index (κ1) is 15.7. The third-order valence-electron chi connectivity index (χ3n) is 4.88. The molecule has 4 aromatic rings. The molecular weight excluding hydrogens is 300 g/mol. The molecule has 0 aliphatic carbocycles. The summed E-state index contributed by atoms with van der Waals surface area (Å²) in [6.45, 7) is 0. The number of benzene rings is 4. The highest BCUT2D eigenvalue weighted by Gasteiger charge is 2.09. The van der Waals surface area contributed by atoms with Gasteiger partial charge in [0.15, 0.2) is 0 Å². The number of hydrogen-bond acceptors (Lipinski definition) is 0. The van der Waals surface area contributed by atoms with Crippen LogP contribution in [0, 0.1) is 0 Å². The second-order valence-corrected chi connectivity index (χ2v) is 6.57. The van der Waals surface area contributed by atoms with Crippen LogP contribution in [0.3, 0.4) is 0 Å². The summed E-state index contributed by atoms with van der Waals surface area (Å²) in [4.78, 5) is 0. The molecule has 0 bridgehead atoms. The Hall–Kier alpha value is -2.86. The van der Waals surface area contributed by atoms with Crippen LogP contribution in [0.1, 0.15) is 22.3 Å². The van der Waals surface area contributed by atoms with Gasteiger partial charge in [0.2, 0.25) is 0 Å². The van der Waals surface area contributed by atoms with E-state index in [0.29, 0.717) is 0 Å². The number of aryl methyl sites for hydroxylation is 2. The van der Waals surface area contributed by atoms with E-state index in [9.17, 15) is 0 Å². The van der Waals surface area contributed by atoms with Crippen LogP contribution in [0.15, 0.2) is 97.1 Å². The molecule has 0 aliphatic rings. The molecule has 0 heteroatoms. The molecule has 122 valence electrons. The summed E-state index contributed by atoms with van der Waals surface area (Å²) in [5.74, 6) is 0. The van der Waals surface area contributed by atoms with Gasteiger partial charge in [-0.3, -0.25) is 0 Å². The lowest BCUT2D eigenvalue weighted by molar-refractivity contribution is 0.947. The topological polar surface area (TPSA) is 0 Å². The summed E-state index contributed by atoms with van der Waals surface area (Å²) in [6, 6.07) is 34.9. The predicted octanol–water partition coefficient (Wildman–Crippen LogP) is 6.22. The summed E-state index contributed by atoms with van der Waals surface area (Å²) in [5, 5.41) is 2.73. The molecule has 4 rings (SSSR count). The molecule has 0 amide bonds. The van der Waals surface area contributed by atoms with Gasteiger partial charge < -0.3 is 0 Å². The van der Waals surface area contributed by atoms with E-state index in [1.165, 1.54) is 33.0 Å². The van der Waals surface area contributed by atoms with Gasteiger partial charge in [0, 0.05) is 0 Å². The fourth-order valence-corrected chi connectivity index (χ4v) is 3.57. The lowest BCUT2D eigenvalue weighted by atomic mass is 9.91. The quantitative estimate of drug-likeness (QED) is 0.409. The van der Waals surface area contributed by atoms with Gasteiger partial charge in [-0.25, -0.2) is 0 Å². The largest absolute Gasteiger partial charge is 0.0622 e. The first-order valence-corrected chi connectivity index (χ1v) is 8.97. The standard InChI is InChI=1S/C25H22/c1-3-9-20(10-4-1)15-18-25-23(19-21-11-5-2-6-12-21)17-16-22-13-7-8-14-24(22)25/h1-14,16-17H,15,18-19H2. The minimum atomic E-state index is 0.996. The molecule has 25 heavy (non-hydrogen) atoms. The van der Waals surface area contributed by atoms with Crippen molar-refractivity contribution in [2.24, 2.45) is 0 Å². The van der Waals surface area contributed by atoms with Gasteiger partial charge in [-0.05, 0) is 52.3 Å². The zero-order valence-corrected chi connectivity index (χ0v) is 14.4. The molecular formula is C25H22. The van der Waals surface area contributed by atoms with Crippen molar-refractivity contribution in [1.82, 2.24) is 0 Å². The van der Waals surface area contributed by atoms with Crippen molar-refractivity contribution >= 4 is 10.8 Å². The average molecular weight is 322 g/mol. The maximum Gasteiger partial charge on any atom is -0.00228 e. The van der Waals surface area contributed by atoms with Crippen molar-refractivity contribution in [2.45, 2.75) is 19.3 Å². The van der Waals surface area contributed by atoms with Gasteiger partial charge in [0.25, 0.3) is 0 Å². The number of hydrogen-bond donors (Lipinski definition) is 0. The Labute approximate surface area is 149 Å². The van der Waals surface area contributed by atoms with E-state index in [2.05, 4.69) is 97.1 Å². The van der Waals surface area contributed by atoms with Gasteiger partial charge in [0.05, 0.1) is 0 Å². The first-order chi connectivity index (χ1) is 12.4. The minimum Gasteiger partial charge on any atom is -0.0622 e. The molecule has 0 fully saturated rings. The van der Waals surface area contributed by atoms with E-state index < -0.39 is 0 Å². The van der Waals surface area contributed by atoms with E-state index in [1.54, 1.807) is 0 Å². The van der Waals surface area contributed by atoms with Gasteiger partial charge in [-0.1, -0.05) is 97.1 Å². The molecule has 0 spiro atoms. The second-order valence-electron chi connectivity index (χ2n) is 6.57. The van der Waals surface area contributed by atoms with Crippen molar-refractivity contribution in [3.63, 3.8) is 0 Å². The Kier molecular flexibility index (Phi) is 4.61. The minimum absolute atomic E-state index is 0.996. The Morgan fingerprint density at radius 2 is 1.12 bits per heavy atom. The van der Waals surface area contributed by atoms with Crippen LogP contribution in [0.4, 0.5) is 0 Å². The summed E-state index contributed by atoms with van der Waals surface area (Å²) in [5.41, 5.74) is 5.71. The Morgan fingerprint density at radius 3 is 1.88 bits per heavy atom. The van der Waals surface area contributed by atoms with Crippen LogP contribution < -0.4 is 0 Å². The SMILES string of the molecule is c1ccc(CCc2c(Cc3ccccc3)ccc3ccccc23)cc1. The lowest BCUT2D eigenvalue weighted by Gasteiger charge is -2.14. The molecule has 0 saturated carbocycles. The van der Waals surface area contributed by atoms with Crippen LogP contribution in [0.5, 0.6) is 0 Å². The van der Waals surface area contributed by atoms with Crippen molar-refractivity contribution in [2.75, 3.05) is 0 Å². The molecule has 0 aromatic heterocycles. The zero-order chi connectivity index (χ0) is 16.9. The van der Waals surface area contributed by atoms with Gasteiger partial charge in [0.1, 0.15) is 0 Å². The van der Waals surface area contributed by atoms with Crippen molar-refractivity contribution in [3.8, 4) is 0 Å². The second kappa shape index (κ2) is 7.36. The fraction of sp³-hybridized carbons (Fsp3) is 0.120. The van der Waals surface area contributed by atoms with E-state index in [-0.39, 0.29) is 0 Å². The van der Waals surface area contributed by atoms with E-state index in [4.69, 9.17) is 0 Å². The third kappa shape index (κ3) is 3.64. The zero-order valence-electron chi connectivity index (χ0n) is 14.4. The molecule has 0 aliphatic heterocycles. The van der Waals surface area contributed by atoms with Crippen LogP contribution >= 0.6 is 0 Å². The Bertz CT molecular complexity index is 953. The highest BCUT2D eigenvalue weighted by atomic mass is 14.1. The van der Waals surface area contributed by atoms with E-state index in [0.717, 1.165) is 19.3 Å². The van der Waals surface area contributed by atoms with E-state index in [1.807, 2.05) is 0 Å². The Balaban J connectivity index is 1.71. The van der Waals surface area contributed by atoms with Crippen LogP contribution in [-0.4, -0.2) is 0 Å². The van der Waals surface area contributed by atoms with Gasteiger partial charge in [-0.15, -0.1) is 0 Å². The van der Waals surface area contributed by atoms with Crippen LogP contribution in [0.25, 0.3) is 10.8 Å². The Morgan fingerprint density at radius 1 is 0.480 bits per heavy atom. The van der Waals surface area contributed by atoms with E-state index >= 15 is 0 Å². The monoisotopic (exact) mass is 322 g/mol. The lowest BCUT2D eigenvalue weighted by Crippen LogP contribution is -2.00. The molecule has 4 aromatic carbocycles. The van der Waals surface area contributed by atoms with Gasteiger partial charge in [-0.2, -0.15) is 0 Å². The predicted molar refractivity (Wildman–Crippen MR) is 107 cm³/mol. The molecule has 0 radical (unpaired) electrons. The fourth-order valence-electron chi connectivity index (χ4n) is 3.57. The maximum atomic E-state index is 2.32. The highest BCUT2D eigenvalue weighted by molar-refractivity contribution is 5.87. The highest BCUT2D eigenvalue weighted by Crippen LogP contribution is 2.26. The van der Waals surface area contributed by atoms with Crippen molar-refractivity contribution in [1.29, 1.82) is 0 Å². The smallest absolute Gasteiger partial charge is 0.00228 e. The third-order valence-corrected chi connectivity index (χ3v) is 4.88. The first-order valence-electron chi connectivity index (χ1n) is 8.97. The maximum absolute atomic E-state index is 2.32. The molecule has 0 unspecified atom stereocenters. The number of fused-ring (bicyclic) bond motifs is 1. The average Bonchev–Trinajstić information content (AvgIpc) is 2.68. The molecule has 0 saturated heterocycles. The summed E-state index contributed by atoms with van der Waals surface area (Å²) >= 11 is 0. The van der Waals surface area contributed by atoms with Crippen molar-refractivity contribution < 1.29 is 0 Å².